The summed E-state index contributed by atoms with van der Waals surface area (Å²) in [4.78, 5) is 4.35. The molecule has 0 spiro atoms. The normalized spacial score (nSPS) is 5.50. The van der Waals surface area contributed by atoms with Crippen LogP contribution in [0.1, 0.15) is 6.92 Å². The van der Waals surface area contributed by atoms with Crippen LogP contribution in [0, 0.1) is 0 Å². The Morgan fingerprint density at radius 2 is 2.33 bits per heavy atom. The fraction of sp³-hybridized carbons (Fsp3) is 0.667. The van der Waals surface area contributed by atoms with Crippen molar-refractivity contribution >= 4 is 19.1 Å². The third-order valence-corrected chi connectivity index (χ3v) is 0.220. The maximum absolute atomic E-state index is 4.35. The molecule has 0 bridgehead atoms. The number of rotatable bonds is 2. The van der Waals surface area contributed by atoms with Gasteiger partial charge in [0.05, 0.1) is 0 Å². The third-order valence-electron chi connectivity index (χ3n) is 0.220. The molecule has 0 aromatic rings. The second kappa shape index (κ2) is 8.83. The highest BCUT2D eigenvalue weighted by Gasteiger charge is 1.57. The summed E-state index contributed by atoms with van der Waals surface area (Å²) in [5.41, 5.74) is 0. The number of hydrogen-bond donors (Lipinski definition) is 0. The molecule has 0 saturated carbocycles. The summed E-state index contributed by atoms with van der Waals surface area (Å²) in [6, 6.07) is 0. The molecule has 0 aliphatic carbocycles. The van der Waals surface area contributed by atoms with E-state index in [9.17, 15) is 0 Å². The van der Waals surface area contributed by atoms with Crippen LogP contribution in [0.25, 0.3) is 0 Å². The van der Waals surface area contributed by atoms with Crippen LogP contribution in [0.2, 0.25) is 0 Å². The van der Waals surface area contributed by atoms with Gasteiger partial charge in [0.25, 0.3) is 0 Å². The van der Waals surface area contributed by atoms with Crippen molar-refractivity contribution in [3.63, 3.8) is 0 Å². The summed E-state index contributed by atoms with van der Waals surface area (Å²) < 4.78 is 0. The highest BCUT2D eigenvalue weighted by atomic mass is 35.5. The van der Waals surface area contributed by atoms with Gasteiger partial charge in [-0.05, 0) is 6.92 Å². The Kier molecular flexibility index (Phi) is 13.6. The van der Waals surface area contributed by atoms with Crippen molar-refractivity contribution < 1.29 is 4.84 Å². The first-order valence-corrected chi connectivity index (χ1v) is 1.49. The number of hydrogen-bond acceptors (Lipinski definition) is 2. The minimum absolute atomic E-state index is 0. The van der Waals surface area contributed by atoms with Crippen molar-refractivity contribution in [1.82, 2.24) is 0 Å². The molecule has 0 amide bonds. The van der Waals surface area contributed by atoms with Gasteiger partial charge in [-0.2, -0.15) is 0 Å². The summed E-state index contributed by atoms with van der Waals surface area (Å²) in [5.74, 6) is 0. The fourth-order valence-electron chi connectivity index (χ4n) is 0.0913. The van der Waals surface area contributed by atoms with Gasteiger partial charge in [-0.15, -0.1) is 17.6 Å². The van der Waals surface area contributed by atoms with E-state index in [0.29, 0.717) is 6.61 Å². The van der Waals surface area contributed by atoms with E-state index in [-0.39, 0.29) is 12.4 Å². The molecule has 0 aliphatic heterocycles. The van der Waals surface area contributed by atoms with E-state index in [1.807, 2.05) is 6.92 Å². The molecule has 0 heterocycles. The van der Waals surface area contributed by atoms with E-state index in [0.717, 1.165) is 0 Å². The average Bonchev–Trinajstić information content (AvgIpc) is 1.41. The molecule has 0 unspecified atom stereocenters. The van der Waals surface area contributed by atoms with Gasteiger partial charge in [0.15, 0.2) is 0 Å². The summed E-state index contributed by atoms with van der Waals surface area (Å²) in [6.07, 6.45) is 0. The minimum atomic E-state index is 0. The molecule has 0 atom stereocenters. The van der Waals surface area contributed by atoms with Crippen molar-refractivity contribution in [2.75, 3.05) is 6.61 Å². The molecular weight excluding hydrogens is 101 g/mol. The van der Waals surface area contributed by atoms with Gasteiger partial charge in [-0.25, -0.2) is 0 Å². The van der Waals surface area contributed by atoms with E-state index < -0.39 is 0 Å². The standard InChI is InChI=1S/C3H7NO.ClH/c1-3-5-4-2;/h2-3H2,1H3;1H. The summed E-state index contributed by atoms with van der Waals surface area (Å²) in [7, 11) is 0. The fourth-order valence-corrected chi connectivity index (χ4v) is 0.0913. The largest absolute Gasteiger partial charge is 0.397 e. The van der Waals surface area contributed by atoms with Crippen LogP contribution >= 0.6 is 12.4 Å². The molecular formula is C3H8ClNO. The predicted molar refractivity (Wildman–Crippen MR) is 28.4 cm³/mol. The lowest BCUT2D eigenvalue weighted by molar-refractivity contribution is 0.161. The number of nitrogens with zero attached hydrogens (tertiary/aromatic N) is 1. The van der Waals surface area contributed by atoms with Crippen LogP contribution in [-0.2, 0) is 4.84 Å². The van der Waals surface area contributed by atoms with Crippen LogP contribution in [0.5, 0.6) is 0 Å². The Bertz CT molecular complexity index is 32.0. The second-order valence-electron chi connectivity index (χ2n) is 0.547. The zero-order chi connectivity index (χ0) is 4.12. The zero-order valence-electron chi connectivity index (χ0n) is 3.68. The van der Waals surface area contributed by atoms with Crippen molar-refractivity contribution in [2.45, 2.75) is 6.92 Å². The molecule has 0 radical (unpaired) electrons. The van der Waals surface area contributed by atoms with Gasteiger partial charge in [0.2, 0.25) is 0 Å². The van der Waals surface area contributed by atoms with E-state index in [1.165, 1.54) is 0 Å². The van der Waals surface area contributed by atoms with Crippen molar-refractivity contribution in [2.24, 2.45) is 5.16 Å². The first kappa shape index (κ1) is 9.23. The molecule has 0 aliphatic rings. The van der Waals surface area contributed by atoms with Gasteiger partial charge in [-0.3, -0.25) is 0 Å². The Hall–Kier alpha value is -0.240. The van der Waals surface area contributed by atoms with E-state index in [4.69, 9.17) is 0 Å². The predicted octanol–water partition coefficient (Wildman–Crippen LogP) is 1.06. The Morgan fingerprint density at radius 3 is 2.33 bits per heavy atom. The first-order valence-electron chi connectivity index (χ1n) is 1.49. The van der Waals surface area contributed by atoms with Crippen molar-refractivity contribution in [3.05, 3.63) is 0 Å². The lowest BCUT2D eigenvalue weighted by atomic mass is 10.9. The van der Waals surface area contributed by atoms with Crippen LogP contribution in [-0.4, -0.2) is 13.3 Å². The van der Waals surface area contributed by atoms with Gasteiger partial charge in [0.1, 0.15) is 6.61 Å². The molecule has 6 heavy (non-hydrogen) atoms. The topological polar surface area (TPSA) is 21.6 Å². The molecule has 3 heteroatoms. The summed E-state index contributed by atoms with van der Waals surface area (Å²) >= 11 is 0. The number of oxime groups is 1. The van der Waals surface area contributed by atoms with E-state index in [2.05, 4.69) is 16.7 Å². The monoisotopic (exact) mass is 109 g/mol. The van der Waals surface area contributed by atoms with Crippen LogP contribution in [0.15, 0.2) is 5.16 Å². The maximum Gasteiger partial charge on any atom is 0.114 e. The maximum atomic E-state index is 4.35. The van der Waals surface area contributed by atoms with E-state index in [1.54, 1.807) is 0 Å². The number of halogens is 1. The Labute approximate surface area is 43.6 Å². The van der Waals surface area contributed by atoms with Gasteiger partial charge < -0.3 is 4.84 Å². The minimum Gasteiger partial charge on any atom is -0.397 e. The molecule has 2 nitrogen and oxygen atoms in total. The molecule has 0 saturated heterocycles. The molecule has 0 aromatic carbocycles. The van der Waals surface area contributed by atoms with E-state index >= 15 is 0 Å². The second-order valence-corrected chi connectivity index (χ2v) is 0.547. The Morgan fingerprint density at radius 1 is 1.83 bits per heavy atom. The van der Waals surface area contributed by atoms with Gasteiger partial charge in [0, 0.05) is 6.72 Å². The van der Waals surface area contributed by atoms with Crippen molar-refractivity contribution in [1.29, 1.82) is 0 Å². The smallest absolute Gasteiger partial charge is 0.114 e. The molecule has 0 rings (SSSR count). The SMILES string of the molecule is C=NOCC.Cl. The van der Waals surface area contributed by atoms with Gasteiger partial charge >= 0.3 is 0 Å². The quantitative estimate of drug-likeness (QED) is 0.384. The Balaban J connectivity index is 0. The average molecular weight is 110 g/mol. The van der Waals surface area contributed by atoms with Crippen LogP contribution in [0.3, 0.4) is 0 Å². The van der Waals surface area contributed by atoms with Gasteiger partial charge in [-0.1, -0.05) is 0 Å². The summed E-state index contributed by atoms with van der Waals surface area (Å²) in [6.45, 7) is 5.55. The van der Waals surface area contributed by atoms with Crippen molar-refractivity contribution in [3.8, 4) is 0 Å². The molecule has 38 valence electrons. The lowest BCUT2D eigenvalue weighted by Gasteiger charge is -1.82. The highest BCUT2D eigenvalue weighted by molar-refractivity contribution is 5.85. The first-order chi connectivity index (χ1) is 2.41. The molecule has 0 aromatic heterocycles. The summed E-state index contributed by atoms with van der Waals surface area (Å²) in [5, 5.41) is 3.10. The molecule has 0 N–H and O–H groups in total. The van der Waals surface area contributed by atoms with Crippen LogP contribution in [0.4, 0.5) is 0 Å². The van der Waals surface area contributed by atoms with Crippen LogP contribution < -0.4 is 0 Å². The lowest BCUT2D eigenvalue weighted by Crippen LogP contribution is -1.72. The zero-order valence-corrected chi connectivity index (χ0v) is 4.49. The molecule has 0 fully saturated rings. The highest BCUT2D eigenvalue weighted by Crippen LogP contribution is 1.63. The third kappa shape index (κ3) is 9.25.